The molecule has 2 rings (SSSR count). The van der Waals surface area contributed by atoms with E-state index in [2.05, 4.69) is 74.2 Å². The van der Waals surface area contributed by atoms with Crippen molar-refractivity contribution in [1.82, 2.24) is 9.88 Å². The molecule has 150 valence electrons. The van der Waals surface area contributed by atoms with Crippen LogP contribution in [-0.4, -0.2) is 35.6 Å². The number of aromatic nitrogens is 1. The van der Waals surface area contributed by atoms with Crippen molar-refractivity contribution in [2.24, 2.45) is 0 Å². The first-order valence-corrected chi connectivity index (χ1v) is 10.5. The molecule has 2 aromatic rings. The van der Waals surface area contributed by atoms with Gasteiger partial charge in [-0.3, -0.25) is 0 Å². The fourth-order valence-electron chi connectivity index (χ4n) is 3.11. The summed E-state index contributed by atoms with van der Waals surface area (Å²) in [5.74, 6) is 0.598. The van der Waals surface area contributed by atoms with Crippen molar-refractivity contribution in [1.29, 1.82) is 0 Å². The van der Waals surface area contributed by atoms with Crippen LogP contribution in [0, 0.1) is 0 Å². The van der Waals surface area contributed by atoms with Gasteiger partial charge >= 0.3 is 0 Å². The molecule has 4 heteroatoms. The van der Waals surface area contributed by atoms with Gasteiger partial charge in [-0.05, 0) is 77.7 Å². The van der Waals surface area contributed by atoms with Gasteiger partial charge < -0.3 is 16.0 Å². The topological polar surface area (TPSA) is 54.2 Å². The highest BCUT2D eigenvalue weighted by atomic mass is 15.1. The number of nitrogen functional groups attached to an aromatic ring is 1. The highest BCUT2D eigenvalue weighted by Crippen LogP contribution is 2.24. The van der Waals surface area contributed by atoms with Crippen LogP contribution in [0.1, 0.15) is 65.4 Å². The van der Waals surface area contributed by atoms with Crippen molar-refractivity contribution in [3.8, 4) is 0 Å². The van der Waals surface area contributed by atoms with E-state index in [1.165, 1.54) is 31.2 Å². The molecular weight excluding hydrogens is 332 g/mol. The Morgan fingerprint density at radius 2 is 1.85 bits per heavy atom. The molecule has 0 radical (unpaired) electrons. The fraction of sp³-hybridized carbons (Fsp3) is 0.609. The van der Waals surface area contributed by atoms with Gasteiger partial charge in [0.1, 0.15) is 5.82 Å². The molecule has 0 aliphatic carbocycles. The van der Waals surface area contributed by atoms with Crippen LogP contribution >= 0.6 is 0 Å². The summed E-state index contributed by atoms with van der Waals surface area (Å²) >= 11 is 0. The van der Waals surface area contributed by atoms with E-state index in [1.807, 2.05) is 0 Å². The molecule has 0 atom stereocenters. The van der Waals surface area contributed by atoms with E-state index < -0.39 is 0 Å². The highest BCUT2D eigenvalue weighted by Gasteiger charge is 2.15. The van der Waals surface area contributed by atoms with Crippen LogP contribution in [0.3, 0.4) is 0 Å². The van der Waals surface area contributed by atoms with E-state index in [1.54, 1.807) is 0 Å². The van der Waals surface area contributed by atoms with Crippen LogP contribution in [0.5, 0.6) is 0 Å². The summed E-state index contributed by atoms with van der Waals surface area (Å²) in [4.78, 5) is 7.05. The summed E-state index contributed by atoms with van der Waals surface area (Å²) in [6.07, 6.45) is 7.14. The number of nitrogens with zero attached hydrogens (tertiary/aromatic N) is 2. The predicted molar refractivity (Wildman–Crippen MR) is 119 cm³/mol. The second kappa shape index (κ2) is 9.93. The first kappa shape index (κ1) is 21.5. The maximum atomic E-state index is 6.14. The Labute approximate surface area is 165 Å². The van der Waals surface area contributed by atoms with Crippen molar-refractivity contribution in [3.05, 3.63) is 29.8 Å². The zero-order valence-corrected chi connectivity index (χ0v) is 17.9. The van der Waals surface area contributed by atoms with E-state index in [0.717, 1.165) is 42.5 Å². The third-order valence-electron chi connectivity index (χ3n) is 5.36. The number of hydrogen-bond donors (Lipinski definition) is 2. The quantitative estimate of drug-likeness (QED) is 0.544. The zero-order valence-electron chi connectivity index (χ0n) is 17.9. The maximum Gasteiger partial charge on any atom is 0.147 e. The largest absolute Gasteiger partial charge is 0.382 e. The summed E-state index contributed by atoms with van der Waals surface area (Å²) < 4.78 is 0. The Kier molecular flexibility index (Phi) is 7.91. The van der Waals surface area contributed by atoms with Gasteiger partial charge in [0.05, 0.1) is 11.2 Å². The molecule has 1 heterocycles. The zero-order chi connectivity index (χ0) is 19.9. The lowest BCUT2D eigenvalue weighted by Crippen LogP contribution is -2.38. The Morgan fingerprint density at radius 3 is 2.56 bits per heavy atom. The molecule has 0 fully saturated rings. The van der Waals surface area contributed by atoms with E-state index >= 15 is 0 Å². The molecule has 0 aliphatic rings. The van der Waals surface area contributed by atoms with Gasteiger partial charge in [0.15, 0.2) is 0 Å². The Bertz CT molecular complexity index is 718. The standard InChI is InChI=1S/C23H38N4/c1-6-7-14-25-21-17-19-13-12-18(16-20(19)26-22(21)24)11-9-8-10-15-27(5)23(2,3)4/h12-13,16-17,25H,6-11,14-15H2,1-5H3,(H2,24,26). The van der Waals surface area contributed by atoms with E-state index in [-0.39, 0.29) is 5.54 Å². The first-order valence-electron chi connectivity index (χ1n) is 10.5. The Balaban J connectivity index is 1.88. The number of nitrogens with two attached hydrogens (primary N) is 1. The first-order chi connectivity index (χ1) is 12.8. The number of pyridine rings is 1. The van der Waals surface area contributed by atoms with Crippen LogP contribution in [0.4, 0.5) is 11.5 Å². The molecule has 0 unspecified atom stereocenters. The van der Waals surface area contributed by atoms with Crippen molar-refractivity contribution in [3.63, 3.8) is 0 Å². The second-order valence-corrected chi connectivity index (χ2v) is 8.63. The second-order valence-electron chi connectivity index (χ2n) is 8.63. The van der Waals surface area contributed by atoms with Gasteiger partial charge in [0.2, 0.25) is 0 Å². The average molecular weight is 371 g/mol. The lowest BCUT2D eigenvalue weighted by molar-refractivity contribution is 0.172. The third-order valence-corrected chi connectivity index (χ3v) is 5.36. The number of nitrogens with one attached hydrogen (secondary N) is 1. The molecule has 1 aromatic carbocycles. The Hall–Kier alpha value is -1.81. The van der Waals surface area contributed by atoms with Crippen LogP contribution in [0.15, 0.2) is 24.3 Å². The summed E-state index contributed by atoms with van der Waals surface area (Å²) in [5.41, 5.74) is 9.70. The minimum atomic E-state index is 0.258. The minimum Gasteiger partial charge on any atom is -0.382 e. The molecular formula is C23H38N4. The minimum absolute atomic E-state index is 0.258. The summed E-state index contributed by atoms with van der Waals surface area (Å²) in [6.45, 7) is 11.1. The number of rotatable bonds is 10. The number of unbranched alkanes of at least 4 members (excludes halogenated alkanes) is 3. The number of anilines is 2. The molecule has 3 N–H and O–H groups in total. The van der Waals surface area contributed by atoms with Crippen molar-refractivity contribution >= 4 is 22.4 Å². The number of hydrogen-bond acceptors (Lipinski definition) is 4. The normalized spacial score (nSPS) is 12.1. The SMILES string of the molecule is CCCCNc1cc2ccc(CCCCCN(C)C(C)(C)C)cc2nc1N. The molecule has 0 bridgehead atoms. The van der Waals surface area contributed by atoms with E-state index in [4.69, 9.17) is 5.73 Å². The van der Waals surface area contributed by atoms with Crippen molar-refractivity contribution in [2.45, 2.75) is 71.8 Å². The van der Waals surface area contributed by atoms with E-state index in [9.17, 15) is 0 Å². The van der Waals surface area contributed by atoms with Gasteiger partial charge in [-0.15, -0.1) is 0 Å². The molecule has 4 nitrogen and oxygen atoms in total. The molecule has 27 heavy (non-hydrogen) atoms. The van der Waals surface area contributed by atoms with E-state index in [0.29, 0.717) is 5.82 Å². The number of benzene rings is 1. The van der Waals surface area contributed by atoms with Gasteiger partial charge in [0, 0.05) is 17.5 Å². The van der Waals surface area contributed by atoms with Gasteiger partial charge in [-0.25, -0.2) is 4.98 Å². The van der Waals surface area contributed by atoms with Crippen LogP contribution < -0.4 is 11.1 Å². The van der Waals surface area contributed by atoms with Gasteiger partial charge in [-0.1, -0.05) is 31.9 Å². The van der Waals surface area contributed by atoms with Gasteiger partial charge in [0.25, 0.3) is 0 Å². The predicted octanol–water partition coefficient (Wildman–Crippen LogP) is 5.47. The monoisotopic (exact) mass is 370 g/mol. The van der Waals surface area contributed by atoms with Crippen LogP contribution in [0.25, 0.3) is 10.9 Å². The molecule has 0 saturated heterocycles. The summed E-state index contributed by atoms with van der Waals surface area (Å²) in [7, 11) is 2.21. The summed E-state index contributed by atoms with van der Waals surface area (Å²) in [5, 5.41) is 4.55. The molecule has 0 amide bonds. The molecule has 0 aliphatic heterocycles. The fourth-order valence-corrected chi connectivity index (χ4v) is 3.11. The number of aryl methyl sites for hydroxylation is 1. The Morgan fingerprint density at radius 1 is 1.07 bits per heavy atom. The smallest absolute Gasteiger partial charge is 0.147 e. The highest BCUT2D eigenvalue weighted by molar-refractivity contribution is 5.86. The number of fused-ring (bicyclic) bond motifs is 1. The lowest BCUT2D eigenvalue weighted by Gasteiger charge is -2.31. The average Bonchev–Trinajstić information content (AvgIpc) is 2.61. The third kappa shape index (κ3) is 6.69. The molecule has 0 spiro atoms. The maximum absolute atomic E-state index is 6.14. The van der Waals surface area contributed by atoms with Crippen LogP contribution in [-0.2, 0) is 6.42 Å². The van der Waals surface area contributed by atoms with Crippen molar-refractivity contribution < 1.29 is 0 Å². The summed E-state index contributed by atoms with van der Waals surface area (Å²) in [6, 6.07) is 8.73. The molecule has 1 aromatic heterocycles. The van der Waals surface area contributed by atoms with Crippen LogP contribution in [0.2, 0.25) is 0 Å². The lowest BCUT2D eigenvalue weighted by atomic mass is 10.0. The van der Waals surface area contributed by atoms with Gasteiger partial charge in [-0.2, -0.15) is 0 Å². The van der Waals surface area contributed by atoms with Crippen molar-refractivity contribution in [2.75, 3.05) is 31.2 Å². The molecule has 0 saturated carbocycles.